The van der Waals surface area contributed by atoms with Crippen LogP contribution in [0.15, 0.2) is 24.4 Å². The molecule has 0 saturated heterocycles. The first kappa shape index (κ1) is 8.19. The predicted octanol–water partition coefficient (Wildman–Crippen LogP) is -0.399. The number of amides is 1. The summed E-state index contributed by atoms with van der Waals surface area (Å²) in [4.78, 5) is 23.7. The van der Waals surface area contributed by atoms with Gasteiger partial charge in [0.15, 0.2) is 5.78 Å². The number of fused-ring (bicyclic) bond motifs is 1. The molecule has 0 aromatic heterocycles. The van der Waals surface area contributed by atoms with Gasteiger partial charge in [-0.3, -0.25) is 9.59 Å². The summed E-state index contributed by atoms with van der Waals surface area (Å²) in [7, 11) is 0. The molecule has 0 bridgehead atoms. The van der Waals surface area contributed by atoms with Gasteiger partial charge >= 0.3 is 0 Å². The summed E-state index contributed by atoms with van der Waals surface area (Å²) in [6, 6.07) is -0.501. The fourth-order valence-corrected chi connectivity index (χ4v) is 1.53. The third kappa shape index (κ3) is 1.19. The summed E-state index contributed by atoms with van der Waals surface area (Å²) in [5, 5.41) is 9.44. The van der Waals surface area contributed by atoms with Gasteiger partial charge in [-0.1, -0.05) is 12.2 Å². The second kappa shape index (κ2) is 2.81. The molecular formula is C9H9NO3. The Kier molecular flexibility index (Phi) is 1.77. The van der Waals surface area contributed by atoms with Crippen molar-refractivity contribution in [2.75, 3.05) is 0 Å². The molecule has 13 heavy (non-hydrogen) atoms. The highest BCUT2D eigenvalue weighted by atomic mass is 16.3. The summed E-state index contributed by atoms with van der Waals surface area (Å²) < 4.78 is 0. The molecular weight excluding hydrogens is 170 g/mol. The van der Waals surface area contributed by atoms with Gasteiger partial charge in [-0.2, -0.15) is 0 Å². The fourth-order valence-electron chi connectivity index (χ4n) is 1.53. The van der Waals surface area contributed by atoms with Gasteiger partial charge in [-0.05, 0) is 0 Å². The predicted molar refractivity (Wildman–Crippen MR) is 44.5 cm³/mol. The van der Waals surface area contributed by atoms with Crippen LogP contribution < -0.4 is 0 Å². The van der Waals surface area contributed by atoms with Crippen LogP contribution in [-0.4, -0.2) is 33.8 Å². The number of hydrogen-bond acceptors (Lipinski definition) is 3. The quantitative estimate of drug-likeness (QED) is 0.515. The van der Waals surface area contributed by atoms with Crippen molar-refractivity contribution < 1.29 is 14.7 Å². The van der Waals surface area contributed by atoms with E-state index in [1.807, 2.05) is 0 Å². The largest absolute Gasteiger partial charge is 0.382 e. The first-order valence-corrected chi connectivity index (χ1v) is 4.08. The third-order valence-electron chi connectivity index (χ3n) is 2.25. The summed E-state index contributed by atoms with van der Waals surface area (Å²) in [6.45, 7) is 0. The number of carbonyl (C=O) groups excluding carboxylic acids is 2. The van der Waals surface area contributed by atoms with Crippen molar-refractivity contribution in [1.29, 1.82) is 0 Å². The molecule has 2 rings (SSSR count). The molecule has 0 saturated carbocycles. The average Bonchev–Trinajstić information content (AvgIpc) is 2.12. The first-order chi connectivity index (χ1) is 6.20. The van der Waals surface area contributed by atoms with E-state index in [1.54, 1.807) is 12.2 Å². The molecule has 0 aromatic rings. The zero-order valence-corrected chi connectivity index (χ0v) is 6.88. The summed E-state index contributed by atoms with van der Waals surface area (Å²) in [6.07, 6.45) is 5.27. The van der Waals surface area contributed by atoms with Crippen LogP contribution in [0.1, 0.15) is 6.42 Å². The molecule has 2 heterocycles. The number of carbonyl (C=O) groups is 2. The van der Waals surface area contributed by atoms with Crippen LogP contribution in [0.2, 0.25) is 0 Å². The van der Waals surface area contributed by atoms with Gasteiger partial charge in [0.25, 0.3) is 0 Å². The topological polar surface area (TPSA) is 57.6 Å². The Morgan fingerprint density at radius 3 is 3.00 bits per heavy atom. The highest BCUT2D eigenvalue weighted by Crippen LogP contribution is 2.19. The monoisotopic (exact) mass is 179 g/mol. The van der Waals surface area contributed by atoms with Crippen LogP contribution in [0.25, 0.3) is 0 Å². The van der Waals surface area contributed by atoms with Crippen LogP contribution >= 0.6 is 0 Å². The molecule has 0 radical (unpaired) electrons. The number of rotatable bonds is 0. The van der Waals surface area contributed by atoms with E-state index in [-0.39, 0.29) is 11.7 Å². The molecule has 2 aliphatic heterocycles. The Morgan fingerprint density at radius 2 is 2.23 bits per heavy atom. The molecule has 0 aliphatic carbocycles. The second-order valence-corrected chi connectivity index (χ2v) is 3.09. The van der Waals surface area contributed by atoms with E-state index < -0.39 is 12.1 Å². The van der Waals surface area contributed by atoms with Gasteiger partial charge in [0, 0.05) is 18.7 Å². The van der Waals surface area contributed by atoms with E-state index in [0.717, 1.165) is 0 Å². The molecule has 0 fully saturated rings. The Labute approximate surface area is 75.1 Å². The van der Waals surface area contributed by atoms with E-state index in [1.165, 1.54) is 17.2 Å². The van der Waals surface area contributed by atoms with Crippen LogP contribution in [0.4, 0.5) is 0 Å². The molecule has 2 unspecified atom stereocenters. The van der Waals surface area contributed by atoms with Gasteiger partial charge in [-0.15, -0.1) is 0 Å². The van der Waals surface area contributed by atoms with Crippen molar-refractivity contribution >= 4 is 11.7 Å². The molecule has 1 N–H and O–H groups in total. The van der Waals surface area contributed by atoms with Crippen molar-refractivity contribution in [3.8, 4) is 0 Å². The smallest absolute Gasteiger partial charge is 0.230 e. The van der Waals surface area contributed by atoms with Gasteiger partial charge in [0.2, 0.25) is 5.91 Å². The third-order valence-corrected chi connectivity index (χ3v) is 2.25. The zero-order valence-electron chi connectivity index (χ0n) is 6.88. The molecule has 4 nitrogen and oxygen atoms in total. The second-order valence-electron chi connectivity index (χ2n) is 3.09. The van der Waals surface area contributed by atoms with E-state index in [4.69, 9.17) is 0 Å². The van der Waals surface area contributed by atoms with Gasteiger partial charge in [0.05, 0.1) is 6.04 Å². The summed E-state index contributed by atoms with van der Waals surface area (Å²) >= 11 is 0. The van der Waals surface area contributed by atoms with E-state index in [2.05, 4.69) is 0 Å². The summed E-state index contributed by atoms with van der Waals surface area (Å²) in [5.74, 6) is -0.434. The Morgan fingerprint density at radius 1 is 1.46 bits per heavy atom. The molecule has 2 atom stereocenters. The van der Waals surface area contributed by atoms with Crippen LogP contribution in [0.3, 0.4) is 0 Å². The van der Waals surface area contributed by atoms with Crippen LogP contribution in [0, 0.1) is 0 Å². The minimum Gasteiger partial charge on any atom is -0.382 e. The molecule has 4 heteroatoms. The number of aliphatic hydroxyl groups excluding tert-OH is 1. The lowest BCUT2D eigenvalue weighted by Crippen LogP contribution is -2.50. The van der Waals surface area contributed by atoms with Crippen molar-refractivity contribution in [2.24, 2.45) is 0 Å². The van der Waals surface area contributed by atoms with Crippen LogP contribution in [0.5, 0.6) is 0 Å². The molecule has 68 valence electrons. The standard InChI is InChI=1S/C9H9NO3/c11-7-4-5-10-6(9(7)13)2-1-3-8(10)12/h1-2,4-6,9,13H,3H2. The number of nitrogens with zero attached hydrogens (tertiary/aromatic N) is 1. The normalized spacial score (nSPS) is 32.2. The molecule has 1 amide bonds. The SMILES string of the molecule is O=C1C=CN2C(=O)CC=CC2C1O. The fraction of sp³-hybridized carbons (Fsp3) is 0.333. The summed E-state index contributed by atoms with van der Waals surface area (Å²) in [5.41, 5.74) is 0. The van der Waals surface area contributed by atoms with Gasteiger partial charge in [-0.25, -0.2) is 0 Å². The number of ketones is 1. The Bertz CT molecular complexity index is 319. The number of aliphatic hydroxyl groups is 1. The lowest BCUT2D eigenvalue weighted by molar-refractivity contribution is -0.135. The Hall–Kier alpha value is -1.42. The molecule has 2 aliphatic rings. The Balaban J connectivity index is 2.36. The average molecular weight is 179 g/mol. The molecule has 0 aromatic carbocycles. The van der Waals surface area contributed by atoms with Crippen LogP contribution in [-0.2, 0) is 9.59 Å². The van der Waals surface area contributed by atoms with E-state index in [0.29, 0.717) is 6.42 Å². The lowest BCUT2D eigenvalue weighted by atomic mass is 9.98. The van der Waals surface area contributed by atoms with E-state index >= 15 is 0 Å². The highest BCUT2D eigenvalue weighted by Gasteiger charge is 2.34. The van der Waals surface area contributed by atoms with Crippen molar-refractivity contribution in [3.63, 3.8) is 0 Å². The minimum atomic E-state index is -1.11. The van der Waals surface area contributed by atoms with Gasteiger partial charge in [0.1, 0.15) is 6.10 Å². The first-order valence-electron chi connectivity index (χ1n) is 4.08. The van der Waals surface area contributed by atoms with Crippen molar-refractivity contribution in [2.45, 2.75) is 18.6 Å². The highest BCUT2D eigenvalue weighted by molar-refractivity contribution is 5.97. The molecule has 0 spiro atoms. The lowest BCUT2D eigenvalue weighted by Gasteiger charge is -2.34. The number of hydrogen-bond donors (Lipinski definition) is 1. The van der Waals surface area contributed by atoms with E-state index in [9.17, 15) is 14.7 Å². The van der Waals surface area contributed by atoms with Gasteiger partial charge < -0.3 is 10.0 Å². The maximum Gasteiger partial charge on any atom is 0.230 e. The maximum absolute atomic E-state index is 11.3. The van der Waals surface area contributed by atoms with Crippen molar-refractivity contribution in [1.82, 2.24) is 4.90 Å². The van der Waals surface area contributed by atoms with Crippen molar-refractivity contribution in [3.05, 3.63) is 24.4 Å². The zero-order chi connectivity index (χ0) is 9.42. The maximum atomic E-state index is 11.3. The minimum absolute atomic E-state index is 0.0877.